The van der Waals surface area contributed by atoms with Gasteiger partial charge >= 0.3 is 4.87 Å². The highest BCUT2D eigenvalue weighted by atomic mass is 32.1. The fraction of sp³-hybridized carbons (Fsp3) is 0.269. The molecule has 0 amide bonds. The van der Waals surface area contributed by atoms with Gasteiger partial charge in [-0.05, 0) is 30.3 Å². The number of fused-ring (bicyclic) bond motifs is 3. The summed E-state index contributed by atoms with van der Waals surface area (Å²) in [5.41, 5.74) is 9.27. The van der Waals surface area contributed by atoms with Crippen LogP contribution >= 0.6 is 11.3 Å². The van der Waals surface area contributed by atoms with Crippen LogP contribution in [0, 0.1) is 5.82 Å². The standard InChI is InChI=1S/C26H25FN10O3S/c27-18-12-17(40-15-16-14-29-33-31-16)3-4-20(18)35-8-5-34(6-9-35)7-10-36-24-23(41-26(36)38)21-13-19(22-2-1-11-39-22)32-37(21)25(28)30-24/h1-4,11-14H,5-10,15H2,(H2,28,30)(H,29,31,33). The normalized spacial score (nSPS) is 14.4. The van der Waals surface area contributed by atoms with Crippen molar-refractivity contribution in [1.29, 1.82) is 0 Å². The van der Waals surface area contributed by atoms with Gasteiger partial charge in [-0.2, -0.15) is 30.0 Å². The molecule has 1 aromatic carbocycles. The first-order chi connectivity index (χ1) is 20.0. The summed E-state index contributed by atoms with van der Waals surface area (Å²) in [5.74, 6) is 0.903. The molecule has 6 heterocycles. The zero-order chi connectivity index (χ0) is 27.9. The Labute approximate surface area is 235 Å². The maximum atomic E-state index is 14.9. The maximum Gasteiger partial charge on any atom is 0.309 e. The maximum absolute atomic E-state index is 14.9. The summed E-state index contributed by atoms with van der Waals surface area (Å²) < 4.78 is 29.9. The van der Waals surface area contributed by atoms with Crippen LogP contribution in [0.2, 0.25) is 0 Å². The molecule has 0 spiro atoms. The van der Waals surface area contributed by atoms with Crippen molar-refractivity contribution < 1.29 is 13.5 Å². The van der Waals surface area contributed by atoms with Crippen LogP contribution in [0.25, 0.3) is 27.3 Å². The fourth-order valence-corrected chi connectivity index (χ4v) is 5.99. The highest BCUT2D eigenvalue weighted by molar-refractivity contribution is 7.17. The summed E-state index contributed by atoms with van der Waals surface area (Å²) in [6, 6.07) is 10.3. The number of halogens is 1. The second-order valence-electron chi connectivity index (χ2n) is 9.64. The molecular weight excluding hydrogens is 551 g/mol. The summed E-state index contributed by atoms with van der Waals surface area (Å²) >= 11 is 1.13. The third-order valence-corrected chi connectivity index (χ3v) is 8.14. The van der Waals surface area contributed by atoms with Crippen LogP contribution in [-0.2, 0) is 13.2 Å². The van der Waals surface area contributed by atoms with E-state index in [4.69, 9.17) is 14.9 Å². The van der Waals surface area contributed by atoms with E-state index in [1.165, 1.54) is 10.6 Å². The Balaban J connectivity index is 1.01. The molecule has 13 nitrogen and oxygen atoms in total. The highest BCUT2D eigenvalue weighted by Crippen LogP contribution is 2.29. The molecule has 210 valence electrons. The number of aromatic nitrogens is 7. The van der Waals surface area contributed by atoms with Gasteiger partial charge in [0.2, 0.25) is 5.95 Å². The summed E-state index contributed by atoms with van der Waals surface area (Å²) in [7, 11) is 0. The predicted octanol–water partition coefficient (Wildman–Crippen LogP) is 2.61. The molecule has 5 aromatic heterocycles. The number of ether oxygens (including phenoxy) is 1. The largest absolute Gasteiger partial charge is 0.487 e. The number of hydrogen-bond acceptors (Lipinski definition) is 11. The molecule has 1 fully saturated rings. The van der Waals surface area contributed by atoms with E-state index in [2.05, 4.69) is 30.4 Å². The molecule has 1 saturated heterocycles. The van der Waals surface area contributed by atoms with Crippen LogP contribution in [0.3, 0.4) is 0 Å². The Morgan fingerprint density at radius 3 is 2.78 bits per heavy atom. The minimum atomic E-state index is -0.336. The molecule has 15 heteroatoms. The Morgan fingerprint density at radius 2 is 2.02 bits per heavy atom. The molecular formula is C26H25FN10O3S. The molecule has 0 bridgehead atoms. The van der Waals surface area contributed by atoms with Crippen molar-refractivity contribution >= 4 is 38.8 Å². The average Bonchev–Trinajstić information content (AvgIpc) is 3.79. The number of nitrogens with two attached hydrogens (primary N) is 1. The van der Waals surface area contributed by atoms with Gasteiger partial charge in [0.25, 0.3) is 0 Å². The van der Waals surface area contributed by atoms with Crippen LogP contribution in [0.15, 0.2) is 58.1 Å². The number of H-pyrrole nitrogens is 1. The van der Waals surface area contributed by atoms with E-state index in [-0.39, 0.29) is 23.2 Å². The van der Waals surface area contributed by atoms with Crippen molar-refractivity contribution in [3.63, 3.8) is 0 Å². The summed E-state index contributed by atoms with van der Waals surface area (Å²) in [6.07, 6.45) is 3.14. The minimum absolute atomic E-state index is 0.104. The third kappa shape index (κ3) is 4.78. The number of rotatable bonds is 8. The van der Waals surface area contributed by atoms with Gasteiger partial charge in [0.15, 0.2) is 11.4 Å². The number of benzene rings is 1. The SMILES string of the molecule is Nc1nc2c(sc(=O)n2CCN2CCN(c3ccc(OCc4cn[nH]n4)cc3F)CC2)c2cc(-c3ccco3)nn12. The smallest absolute Gasteiger partial charge is 0.309 e. The van der Waals surface area contributed by atoms with Crippen LogP contribution in [0.5, 0.6) is 5.75 Å². The van der Waals surface area contributed by atoms with Gasteiger partial charge in [0.05, 0.1) is 23.7 Å². The minimum Gasteiger partial charge on any atom is -0.487 e. The van der Waals surface area contributed by atoms with Crippen molar-refractivity contribution in [2.24, 2.45) is 0 Å². The number of furan rings is 1. The van der Waals surface area contributed by atoms with E-state index in [0.29, 0.717) is 65.9 Å². The number of thiazole rings is 1. The topological polar surface area (TPSA) is 149 Å². The first-order valence-electron chi connectivity index (χ1n) is 13.0. The highest BCUT2D eigenvalue weighted by Gasteiger charge is 2.22. The molecule has 0 saturated carbocycles. The molecule has 0 unspecified atom stereocenters. The number of nitrogen functional groups attached to an aromatic ring is 1. The number of aromatic amines is 1. The van der Waals surface area contributed by atoms with Crippen molar-refractivity contribution in [3.05, 3.63) is 70.0 Å². The van der Waals surface area contributed by atoms with Crippen LogP contribution in [0.1, 0.15) is 5.69 Å². The second kappa shape index (κ2) is 10.3. The molecule has 3 N–H and O–H groups in total. The number of nitrogens with one attached hydrogen (secondary N) is 1. The van der Waals surface area contributed by atoms with Crippen molar-refractivity contribution in [3.8, 4) is 17.2 Å². The molecule has 41 heavy (non-hydrogen) atoms. The van der Waals surface area contributed by atoms with Gasteiger partial charge in [-0.1, -0.05) is 11.3 Å². The van der Waals surface area contributed by atoms with E-state index < -0.39 is 0 Å². The fourth-order valence-electron chi connectivity index (χ4n) is 5.03. The lowest BCUT2D eigenvalue weighted by atomic mass is 10.2. The summed E-state index contributed by atoms with van der Waals surface area (Å²) in [4.78, 5) is 21.7. The first-order valence-corrected chi connectivity index (χ1v) is 13.8. The van der Waals surface area contributed by atoms with Gasteiger partial charge in [0.1, 0.15) is 34.3 Å². The number of hydrogen-bond donors (Lipinski definition) is 2. The van der Waals surface area contributed by atoms with E-state index in [1.807, 2.05) is 17.0 Å². The first kappa shape index (κ1) is 25.2. The van der Waals surface area contributed by atoms with Gasteiger partial charge < -0.3 is 19.8 Å². The van der Waals surface area contributed by atoms with Crippen LogP contribution in [0.4, 0.5) is 16.0 Å². The summed E-state index contributed by atoms with van der Waals surface area (Å²) in [5, 5.41) is 14.7. The van der Waals surface area contributed by atoms with Crippen molar-refractivity contribution in [2.45, 2.75) is 13.2 Å². The van der Waals surface area contributed by atoms with E-state index >= 15 is 0 Å². The summed E-state index contributed by atoms with van der Waals surface area (Å²) in [6.45, 7) is 4.11. The Hall–Kier alpha value is -4.76. The third-order valence-electron chi connectivity index (χ3n) is 7.15. The Bertz CT molecular complexity index is 1870. The molecule has 6 aromatic rings. The molecule has 1 aliphatic heterocycles. The van der Waals surface area contributed by atoms with Crippen molar-refractivity contribution in [1.82, 2.24) is 39.5 Å². The quantitative estimate of drug-likeness (QED) is 0.277. The molecule has 0 atom stereocenters. The monoisotopic (exact) mass is 576 g/mol. The number of nitrogens with zero attached hydrogens (tertiary/aromatic N) is 8. The molecule has 1 aliphatic rings. The van der Waals surface area contributed by atoms with Gasteiger partial charge in [0, 0.05) is 45.3 Å². The number of anilines is 2. The van der Waals surface area contributed by atoms with Gasteiger partial charge in [-0.3, -0.25) is 14.3 Å². The van der Waals surface area contributed by atoms with Crippen LogP contribution < -0.4 is 20.2 Å². The molecule has 0 radical (unpaired) electrons. The zero-order valence-corrected chi connectivity index (χ0v) is 22.6. The Morgan fingerprint density at radius 1 is 1.15 bits per heavy atom. The van der Waals surface area contributed by atoms with E-state index in [9.17, 15) is 9.18 Å². The zero-order valence-electron chi connectivity index (χ0n) is 21.7. The second-order valence-corrected chi connectivity index (χ2v) is 10.6. The molecule has 7 rings (SSSR count). The van der Waals surface area contributed by atoms with Gasteiger partial charge in [-0.15, -0.1) is 0 Å². The predicted molar refractivity (Wildman–Crippen MR) is 151 cm³/mol. The molecule has 0 aliphatic carbocycles. The lowest BCUT2D eigenvalue weighted by molar-refractivity contribution is 0.248. The van der Waals surface area contributed by atoms with Gasteiger partial charge in [-0.25, -0.2) is 4.39 Å². The lowest BCUT2D eigenvalue weighted by Gasteiger charge is -2.36. The van der Waals surface area contributed by atoms with E-state index in [0.717, 1.165) is 29.1 Å². The van der Waals surface area contributed by atoms with E-state index in [1.54, 1.807) is 35.2 Å². The average molecular weight is 577 g/mol. The van der Waals surface area contributed by atoms with Crippen LogP contribution in [-0.4, -0.2) is 72.2 Å². The lowest BCUT2D eigenvalue weighted by Crippen LogP contribution is -2.47. The van der Waals surface area contributed by atoms with Crippen molar-refractivity contribution in [2.75, 3.05) is 43.4 Å². The number of piperazine rings is 1. The Kier molecular flexibility index (Phi) is 6.36.